The molecule has 1 rings (SSSR count). The second-order valence-corrected chi connectivity index (χ2v) is 5.90. The molecule has 0 radical (unpaired) electrons. The van der Waals surface area contributed by atoms with E-state index < -0.39 is 0 Å². The summed E-state index contributed by atoms with van der Waals surface area (Å²) in [6, 6.07) is 2.07. The predicted octanol–water partition coefficient (Wildman–Crippen LogP) is 2.12. The average Bonchev–Trinajstić information content (AvgIpc) is 2.42. The molecule has 0 N–H and O–H groups in total. The number of hydrogen-bond acceptors (Lipinski definition) is 3. The van der Waals surface area contributed by atoms with Crippen molar-refractivity contribution in [1.29, 1.82) is 5.26 Å². The van der Waals surface area contributed by atoms with Crippen LogP contribution in [-0.2, 0) is 4.79 Å². The van der Waals surface area contributed by atoms with Crippen LogP contribution in [-0.4, -0.2) is 48.9 Å². The monoisotopic (exact) mass is 265 g/mol. The molecule has 0 spiro atoms. The van der Waals surface area contributed by atoms with Gasteiger partial charge in [-0.25, -0.2) is 0 Å². The standard InChI is InChI=1S/C15H27N3O/c1-13(2)14-5-10-18(11-6-14)12-7-15(19)17(3)9-4-8-16/h13-14H,4-7,9-12H2,1-3H3. The SMILES string of the molecule is CC(C)C1CCN(CCC(=O)N(C)CCC#N)CC1. The topological polar surface area (TPSA) is 47.3 Å². The number of piperidine rings is 1. The number of rotatable bonds is 6. The van der Waals surface area contributed by atoms with Crippen LogP contribution in [0.2, 0.25) is 0 Å². The number of nitriles is 1. The lowest BCUT2D eigenvalue weighted by Crippen LogP contribution is -2.38. The Bertz CT molecular complexity index is 314. The molecule has 108 valence electrons. The molecule has 0 atom stereocenters. The minimum Gasteiger partial charge on any atom is -0.345 e. The third-order valence-electron chi connectivity index (χ3n) is 4.20. The van der Waals surface area contributed by atoms with Crippen LogP contribution in [0.1, 0.15) is 39.5 Å². The van der Waals surface area contributed by atoms with E-state index in [1.165, 1.54) is 12.8 Å². The van der Waals surface area contributed by atoms with E-state index in [0.29, 0.717) is 19.4 Å². The van der Waals surface area contributed by atoms with Crippen molar-refractivity contribution >= 4 is 5.91 Å². The van der Waals surface area contributed by atoms with Crippen molar-refractivity contribution in [1.82, 2.24) is 9.80 Å². The van der Waals surface area contributed by atoms with Crippen LogP contribution in [0.3, 0.4) is 0 Å². The second kappa shape index (κ2) is 8.16. The summed E-state index contributed by atoms with van der Waals surface area (Å²) >= 11 is 0. The fourth-order valence-corrected chi connectivity index (χ4v) is 2.63. The first-order valence-corrected chi connectivity index (χ1v) is 7.38. The highest BCUT2D eigenvalue weighted by Gasteiger charge is 2.21. The molecule has 1 aliphatic rings. The Balaban J connectivity index is 2.20. The van der Waals surface area contributed by atoms with Crippen molar-refractivity contribution < 1.29 is 4.79 Å². The molecule has 0 aromatic rings. The predicted molar refractivity (Wildman–Crippen MR) is 76.5 cm³/mol. The minimum atomic E-state index is 0.154. The molecule has 19 heavy (non-hydrogen) atoms. The summed E-state index contributed by atoms with van der Waals surface area (Å²) in [5.41, 5.74) is 0. The van der Waals surface area contributed by atoms with Gasteiger partial charge in [-0.15, -0.1) is 0 Å². The summed E-state index contributed by atoms with van der Waals surface area (Å²) in [5, 5.41) is 8.50. The zero-order chi connectivity index (χ0) is 14.3. The molecular weight excluding hydrogens is 238 g/mol. The third kappa shape index (κ3) is 5.61. The summed E-state index contributed by atoms with van der Waals surface area (Å²) in [4.78, 5) is 15.9. The van der Waals surface area contributed by atoms with Crippen molar-refractivity contribution in [2.45, 2.75) is 39.5 Å². The van der Waals surface area contributed by atoms with Crippen LogP contribution in [0.25, 0.3) is 0 Å². The maximum atomic E-state index is 11.9. The Labute approximate surface area is 117 Å². The minimum absolute atomic E-state index is 0.154. The summed E-state index contributed by atoms with van der Waals surface area (Å²) in [5.74, 6) is 1.78. The Morgan fingerprint density at radius 3 is 2.58 bits per heavy atom. The van der Waals surface area contributed by atoms with E-state index in [9.17, 15) is 4.79 Å². The van der Waals surface area contributed by atoms with Crippen LogP contribution in [0, 0.1) is 23.2 Å². The van der Waals surface area contributed by atoms with E-state index in [1.54, 1.807) is 11.9 Å². The zero-order valence-corrected chi connectivity index (χ0v) is 12.6. The first-order valence-electron chi connectivity index (χ1n) is 7.38. The summed E-state index contributed by atoms with van der Waals surface area (Å²) in [7, 11) is 1.78. The van der Waals surface area contributed by atoms with Crippen molar-refractivity contribution in [2.24, 2.45) is 11.8 Å². The molecule has 1 fully saturated rings. The van der Waals surface area contributed by atoms with Gasteiger partial charge in [-0.1, -0.05) is 13.8 Å². The Kier molecular flexibility index (Phi) is 6.86. The van der Waals surface area contributed by atoms with Gasteiger partial charge < -0.3 is 9.80 Å². The van der Waals surface area contributed by atoms with Gasteiger partial charge in [-0.2, -0.15) is 5.26 Å². The Morgan fingerprint density at radius 1 is 1.42 bits per heavy atom. The molecule has 1 aliphatic heterocycles. The van der Waals surface area contributed by atoms with Gasteiger partial charge in [-0.05, 0) is 37.8 Å². The lowest BCUT2D eigenvalue weighted by Gasteiger charge is -2.33. The number of carbonyl (C=O) groups is 1. The molecule has 1 saturated heterocycles. The van der Waals surface area contributed by atoms with E-state index in [0.717, 1.165) is 31.5 Å². The lowest BCUT2D eigenvalue weighted by molar-refractivity contribution is -0.130. The quantitative estimate of drug-likeness (QED) is 0.739. The molecule has 1 heterocycles. The molecule has 0 aromatic carbocycles. The smallest absolute Gasteiger partial charge is 0.223 e. The Morgan fingerprint density at radius 2 is 2.05 bits per heavy atom. The van der Waals surface area contributed by atoms with Crippen LogP contribution in [0.5, 0.6) is 0 Å². The number of carbonyl (C=O) groups excluding carboxylic acids is 1. The number of amides is 1. The van der Waals surface area contributed by atoms with Gasteiger partial charge in [0.15, 0.2) is 0 Å². The van der Waals surface area contributed by atoms with Crippen LogP contribution in [0.4, 0.5) is 0 Å². The molecule has 4 heteroatoms. The number of likely N-dealkylation sites (tertiary alicyclic amines) is 1. The molecule has 1 amide bonds. The summed E-state index contributed by atoms with van der Waals surface area (Å²) < 4.78 is 0. The molecule has 0 aliphatic carbocycles. The normalized spacial score (nSPS) is 17.4. The highest BCUT2D eigenvalue weighted by Crippen LogP contribution is 2.24. The molecule has 0 aromatic heterocycles. The molecular formula is C15H27N3O. The maximum absolute atomic E-state index is 11.9. The van der Waals surface area contributed by atoms with Crippen LogP contribution in [0.15, 0.2) is 0 Å². The highest BCUT2D eigenvalue weighted by atomic mass is 16.2. The Hall–Kier alpha value is -1.08. The fourth-order valence-electron chi connectivity index (χ4n) is 2.63. The van der Waals surface area contributed by atoms with Gasteiger partial charge in [0.05, 0.1) is 12.5 Å². The largest absolute Gasteiger partial charge is 0.345 e. The first-order chi connectivity index (χ1) is 9.04. The van der Waals surface area contributed by atoms with Gasteiger partial charge in [-0.3, -0.25) is 4.79 Å². The van der Waals surface area contributed by atoms with Crippen molar-refractivity contribution in [3.63, 3.8) is 0 Å². The lowest BCUT2D eigenvalue weighted by atomic mass is 9.87. The van der Waals surface area contributed by atoms with Gasteiger partial charge in [0.2, 0.25) is 5.91 Å². The number of hydrogen-bond donors (Lipinski definition) is 0. The van der Waals surface area contributed by atoms with Gasteiger partial charge in [0.1, 0.15) is 0 Å². The van der Waals surface area contributed by atoms with E-state index >= 15 is 0 Å². The van der Waals surface area contributed by atoms with Crippen molar-refractivity contribution in [3.05, 3.63) is 0 Å². The summed E-state index contributed by atoms with van der Waals surface area (Å²) in [6.45, 7) is 8.25. The zero-order valence-electron chi connectivity index (χ0n) is 12.6. The third-order valence-corrected chi connectivity index (χ3v) is 4.20. The van der Waals surface area contributed by atoms with Gasteiger partial charge in [0, 0.05) is 26.6 Å². The molecule has 4 nitrogen and oxygen atoms in total. The van der Waals surface area contributed by atoms with Crippen molar-refractivity contribution in [2.75, 3.05) is 33.2 Å². The average molecular weight is 265 g/mol. The molecule has 0 saturated carbocycles. The first kappa shape index (κ1) is 16.0. The van der Waals surface area contributed by atoms with Crippen LogP contribution >= 0.6 is 0 Å². The second-order valence-electron chi connectivity index (χ2n) is 5.90. The van der Waals surface area contributed by atoms with E-state index in [-0.39, 0.29) is 5.91 Å². The van der Waals surface area contributed by atoms with Gasteiger partial charge >= 0.3 is 0 Å². The van der Waals surface area contributed by atoms with E-state index in [4.69, 9.17) is 5.26 Å². The highest BCUT2D eigenvalue weighted by molar-refractivity contribution is 5.76. The molecule has 0 unspecified atom stereocenters. The molecule has 0 bridgehead atoms. The van der Waals surface area contributed by atoms with Gasteiger partial charge in [0.25, 0.3) is 0 Å². The van der Waals surface area contributed by atoms with Crippen LogP contribution < -0.4 is 0 Å². The summed E-state index contributed by atoms with van der Waals surface area (Å²) in [6.07, 6.45) is 3.52. The maximum Gasteiger partial charge on any atom is 0.223 e. The number of nitrogens with zero attached hydrogens (tertiary/aromatic N) is 3. The fraction of sp³-hybridized carbons (Fsp3) is 0.867. The van der Waals surface area contributed by atoms with Crippen molar-refractivity contribution in [3.8, 4) is 6.07 Å². The van der Waals surface area contributed by atoms with E-state index in [2.05, 4.69) is 24.8 Å². The van der Waals surface area contributed by atoms with E-state index in [1.807, 2.05) is 0 Å².